The third kappa shape index (κ3) is 2.69. The van der Waals surface area contributed by atoms with E-state index in [0.717, 1.165) is 5.56 Å². The second kappa shape index (κ2) is 4.75. The molecule has 0 aliphatic rings. The molecule has 0 aliphatic heterocycles. The molecule has 4 heteroatoms. The predicted molar refractivity (Wildman–Crippen MR) is 56.2 cm³/mol. The molecule has 1 aromatic rings. The van der Waals surface area contributed by atoms with Crippen LogP contribution in [0.15, 0.2) is 18.2 Å². The molecule has 3 nitrogen and oxygen atoms in total. The zero-order valence-corrected chi connectivity index (χ0v) is 8.70. The molecule has 0 saturated carbocycles. The van der Waals surface area contributed by atoms with Crippen LogP contribution in [0, 0.1) is 6.92 Å². The molecule has 0 amide bonds. The van der Waals surface area contributed by atoms with E-state index in [2.05, 4.69) is 0 Å². The van der Waals surface area contributed by atoms with E-state index in [1.165, 1.54) is 0 Å². The van der Waals surface area contributed by atoms with Crippen molar-refractivity contribution in [3.8, 4) is 0 Å². The average Bonchev–Trinajstić information content (AvgIpc) is 2.14. The van der Waals surface area contributed by atoms with E-state index in [0.29, 0.717) is 10.6 Å². The van der Waals surface area contributed by atoms with Gasteiger partial charge in [0.05, 0.1) is 6.10 Å². The molecule has 4 N–H and O–H groups in total. The standard InChI is InChI=1S/C10H14ClNO2/c1-6-2-7(4-8(11)3-6)10(14)9(13)5-12/h2-4,9-10,13-14H,5,12H2,1H3. The van der Waals surface area contributed by atoms with E-state index >= 15 is 0 Å². The minimum absolute atomic E-state index is 0.0206. The Balaban J connectivity index is 2.94. The summed E-state index contributed by atoms with van der Waals surface area (Å²) in [6.45, 7) is 1.89. The molecule has 1 rings (SSSR count). The Morgan fingerprint density at radius 3 is 2.50 bits per heavy atom. The van der Waals surface area contributed by atoms with Crippen molar-refractivity contribution in [1.82, 2.24) is 0 Å². The summed E-state index contributed by atoms with van der Waals surface area (Å²) in [5.74, 6) is 0. The maximum atomic E-state index is 9.65. The van der Waals surface area contributed by atoms with Gasteiger partial charge in [-0.15, -0.1) is 0 Å². The van der Waals surface area contributed by atoms with Gasteiger partial charge in [0.1, 0.15) is 6.10 Å². The molecule has 0 radical (unpaired) electrons. The Morgan fingerprint density at radius 2 is 2.00 bits per heavy atom. The Hall–Kier alpha value is -0.610. The van der Waals surface area contributed by atoms with Gasteiger partial charge in [-0.3, -0.25) is 0 Å². The van der Waals surface area contributed by atoms with Crippen LogP contribution in [0.3, 0.4) is 0 Å². The Kier molecular flexibility index (Phi) is 3.89. The number of hydrogen-bond donors (Lipinski definition) is 3. The van der Waals surface area contributed by atoms with Crippen molar-refractivity contribution in [1.29, 1.82) is 0 Å². The molecule has 0 aliphatic carbocycles. The monoisotopic (exact) mass is 215 g/mol. The van der Waals surface area contributed by atoms with Gasteiger partial charge in [-0.25, -0.2) is 0 Å². The lowest BCUT2D eigenvalue weighted by atomic mass is 10.0. The third-order valence-electron chi connectivity index (χ3n) is 2.01. The van der Waals surface area contributed by atoms with Gasteiger partial charge in [-0.2, -0.15) is 0 Å². The highest BCUT2D eigenvalue weighted by Gasteiger charge is 2.17. The number of aliphatic hydroxyl groups excluding tert-OH is 2. The summed E-state index contributed by atoms with van der Waals surface area (Å²) in [7, 11) is 0. The SMILES string of the molecule is Cc1cc(Cl)cc(C(O)C(O)CN)c1. The van der Waals surface area contributed by atoms with E-state index in [9.17, 15) is 10.2 Å². The summed E-state index contributed by atoms with van der Waals surface area (Å²) in [5.41, 5.74) is 6.77. The maximum Gasteiger partial charge on any atom is 0.106 e. The lowest BCUT2D eigenvalue weighted by Gasteiger charge is -2.17. The Labute approximate surface area is 88.1 Å². The van der Waals surface area contributed by atoms with Gasteiger partial charge in [-0.1, -0.05) is 17.7 Å². The van der Waals surface area contributed by atoms with Crippen LogP contribution < -0.4 is 5.73 Å². The second-order valence-corrected chi connectivity index (χ2v) is 3.75. The Bertz CT molecular complexity index is 297. The smallest absolute Gasteiger partial charge is 0.106 e. The van der Waals surface area contributed by atoms with Crippen molar-refractivity contribution in [2.75, 3.05) is 6.54 Å². The third-order valence-corrected chi connectivity index (χ3v) is 2.23. The first-order valence-corrected chi connectivity index (χ1v) is 4.75. The first-order valence-electron chi connectivity index (χ1n) is 4.38. The Morgan fingerprint density at radius 1 is 1.36 bits per heavy atom. The lowest BCUT2D eigenvalue weighted by molar-refractivity contribution is 0.0243. The fourth-order valence-corrected chi connectivity index (χ4v) is 1.58. The van der Waals surface area contributed by atoms with Crippen molar-refractivity contribution in [3.05, 3.63) is 34.3 Å². The van der Waals surface area contributed by atoms with Crippen LogP contribution in [0.4, 0.5) is 0 Å². The van der Waals surface area contributed by atoms with Crippen molar-refractivity contribution in [2.45, 2.75) is 19.1 Å². The molecule has 1 aromatic carbocycles. The fraction of sp³-hybridized carbons (Fsp3) is 0.400. The van der Waals surface area contributed by atoms with E-state index < -0.39 is 12.2 Å². The zero-order valence-electron chi connectivity index (χ0n) is 7.94. The van der Waals surface area contributed by atoms with Gasteiger partial charge in [0, 0.05) is 11.6 Å². The highest BCUT2D eigenvalue weighted by Crippen LogP contribution is 2.22. The summed E-state index contributed by atoms with van der Waals surface area (Å²) < 4.78 is 0. The summed E-state index contributed by atoms with van der Waals surface area (Å²) in [5, 5.41) is 19.5. The second-order valence-electron chi connectivity index (χ2n) is 3.31. The molecule has 0 aromatic heterocycles. The first kappa shape index (κ1) is 11.5. The predicted octanol–water partition coefficient (Wildman–Crippen LogP) is 1.00. The van der Waals surface area contributed by atoms with Crippen LogP contribution >= 0.6 is 11.6 Å². The minimum Gasteiger partial charge on any atom is -0.389 e. The van der Waals surface area contributed by atoms with Crippen molar-refractivity contribution in [2.24, 2.45) is 5.73 Å². The molecule has 0 fully saturated rings. The van der Waals surface area contributed by atoms with Crippen LogP contribution in [0.5, 0.6) is 0 Å². The van der Waals surface area contributed by atoms with Gasteiger partial charge >= 0.3 is 0 Å². The van der Waals surface area contributed by atoms with Crippen molar-refractivity contribution >= 4 is 11.6 Å². The number of rotatable bonds is 3. The van der Waals surface area contributed by atoms with Crippen molar-refractivity contribution < 1.29 is 10.2 Å². The molecule has 0 heterocycles. The van der Waals surface area contributed by atoms with Crippen LogP contribution in [0.25, 0.3) is 0 Å². The van der Waals surface area contributed by atoms with E-state index in [1.54, 1.807) is 18.2 Å². The molecule has 78 valence electrons. The van der Waals surface area contributed by atoms with Crippen LogP contribution in [0.1, 0.15) is 17.2 Å². The number of aliphatic hydroxyl groups is 2. The molecular weight excluding hydrogens is 202 g/mol. The molecule has 0 spiro atoms. The van der Waals surface area contributed by atoms with Gasteiger partial charge < -0.3 is 15.9 Å². The van der Waals surface area contributed by atoms with E-state index in [-0.39, 0.29) is 6.54 Å². The summed E-state index contributed by atoms with van der Waals surface area (Å²) >= 11 is 5.82. The summed E-state index contributed by atoms with van der Waals surface area (Å²) in [6, 6.07) is 5.18. The zero-order chi connectivity index (χ0) is 10.7. The van der Waals surface area contributed by atoms with Crippen LogP contribution in [-0.4, -0.2) is 22.9 Å². The van der Waals surface area contributed by atoms with Gasteiger partial charge in [0.15, 0.2) is 0 Å². The number of aryl methyl sites for hydroxylation is 1. The van der Waals surface area contributed by atoms with E-state index in [1.807, 2.05) is 6.92 Å². The largest absolute Gasteiger partial charge is 0.389 e. The number of halogens is 1. The first-order chi connectivity index (χ1) is 6.54. The van der Waals surface area contributed by atoms with Crippen molar-refractivity contribution in [3.63, 3.8) is 0 Å². The minimum atomic E-state index is -0.975. The van der Waals surface area contributed by atoms with Gasteiger partial charge in [0.25, 0.3) is 0 Å². The highest BCUT2D eigenvalue weighted by atomic mass is 35.5. The number of nitrogens with two attached hydrogens (primary N) is 1. The summed E-state index contributed by atoms with van der Waals surface area (Å²) in [6.07, 6.45) is -1.93. The highest BCUT2D eigenvalue weighted by molar-refractivity contribution is 6.30. The molecule has 14 heavy (non-hydrogen) atoms. The maximum absolute atomic E-state index is 9.65. The van der Waals surface area contributed by atoms with Crippen LogP contribution in [0.2, 0.25) is 5.02 Å². The topological polar surface area (TPSA) is 66.5 Å². The molecule has 0 saturated heterocycles. The average molecular weight is 216 g/mol. The molecule has 2 unspecified atom stereocenters. The molecule has 0 bridgehead atoms. The number of benzene rings is 1. The van der Waals surface area contributed by atoms with E-state index in [4.69, 9.17) is 17.3 Å². The van der Waals surface area contributed by atoms with Crippen LogP contribution in [-0.2, 0) is 0 Å². The van der Waals surface area contributed by atoms with Gasteiger partial charge in [0.2, 0.25) is 0 Å². The number of hydrogen-bond acceptors (Lipinski definition) is 3. The lowest BCUT2D eigenvalue weighted by Crippen LogP contribution is -2.27. The fourth-order valence-electron chi connectivity index (χ4n) is 1.29. The normalized spacial score (nSPS) is 15.2. The quantitative estimate of drug-likeness (QED) is 0.705. The molecule has 2 atom stereocenters. The molecular formula is C10H14ClNO2. The van der Waals surface area contributed by atoms with Gasteiger partial charge in [-0.05, 0) is 30.2 Å². The summed E-state index contributed by atoms with van der Waals surface area (Å²) in [4.78, 5) is 0.